The van der Waals surface area contributed by atoms with Crippen LogP contribution in [0.1, 0.15) is 86.3 Å². The highest BCUT2D eigenvalue weighted by Crippen LogP contribution is 2.50. The SMILES string of the molecule is CC(C)(C)c1cc2nc(C(C)(C)C)n3c4cc5c(cc4nc3c2cn1)C(C)(C)C(C)(C)O5. The summed E-state index contributed by atoms with van der Waals surface area (Å²) in [5, 5.41) is 0.975. The van der Waals surface area contributed by atoms with Crippen LogP contribution in [0.3, 0.4) is 0 Å². The van der Waals surface area contributed by atoms with Crippen LogP contribution in [0.4, 0.5) is 0 Å². The molecule has 168 valence electrons. The molecule has 0 radical (unpaired) electrons. The molecule has 0 saturated heterocycles. The molecule has 1 aromatic carbocycles. The van der Waals surface area contributed by atoms with Gasteiger partial charge < -0.3 is 4.74 Å². The molecule has 0 fully saturated rings. The maximum absolute atomic E-state index is 6.43. The molecule has 1 aliphatic heterocycles. The van der Waals surface area contributed by atoms with Gasteiger partial charge in [-0.25, -0.2) is 9.97 Å². The minimum atomic E-state index is -0.278. The molecule has 1 aliphatic rings. The Labute approximate surface area is 190 Å². The third-order valence-electron chi connectivity index (χ3n) is 7.30. The zero-order valence-corrected chi connectivity index (χ0v) is 21.0. The van der Waals surface area contributed by atoms with E-state index in [-0.39, 0.29) is 21.8 Å². The Morgan fingerprint density at radius 3 is 2.16 bits per heavy atom. The fourth-order valence-electron chi connectivity index (χ4n) is 4.59. The second-order valence-corrected chi connectivity index (χ2v) is 12.4. The molecule has 4 aromatic rings. The van der Waals surface area contributed by atoms with Crippen LogP contribution < -0.4 is 4.74 Å². The Morgan fingerprint density at radius 1 is 0.844 bits per heavy atom. The Balaban J connectivity index is 1.91. The lowest BCUT2D eigenvalue weighted by Crippen LogP contribution is -2.41. The van der Waals surface area contributed by atoms with Crippen molar-refractivity contribution in [3.63, 3.8) is 0 Å². The van der Waals surface area contributed by atoms with Gasteiger partial charge >= 0.3 is 0 Å². The summed E-state index contributed by atoms with van der Waals surface area (Å²) in [5.41, 5.74) is 5.51. The third kappa shape index (κ3) is 2.79. The first kappa shape index (κ1) is 21.2. The topological polar surface area (TPSA) is 52.3 Å². The average Bonchev–Trinajstić information content (AvgIpc) is 3.10. The van der Waals surface area contributed by atoms with Crippen molar-refractivity contribution in [2.75, 3.05) is 0 Å². The summed E-state index contributed by atoms with van der Waals surface area (Å²) in [7, 11) is 0. The summed E-state index contributed by atoms with van der Waals surface area (Å²) in [6, 6.07) is 6.49. The summed E-state index contributed by atoms with van der Waals surface area (Å²) >= 11 is 0. The Hall–Kier alpha value is -2.69. The van der Waals surface area contributed by atoms with E-state index in [1.54, 1.807) is 0 Å². The zero-order chi connectivity index (χ0) is 23.4. The van der Waals surface area contributed by atoms with Crippen molar-refractivity contribution in [1.29, 1.82) is 0 Å². The van der Waals surface area contributed by atoms with Gasteiger partial charge in [-0.15, -0.1) is 0 Å². The average molecular weight is 431 g/mol. The number of rotatable bonds is 0. The second kappa shape index (κ2) is 6.00. The number of aromatic nitrogens is 4. The maximum atomic E-state index is 6.43. The van der Waals surface area contributed by atoms with Crippen LogP contribution in [0.25, 0.3) is 27.6 Å². The van der Waals surface area contributed by atoms with E-state index in [9.17, 15) is 0 Å². The van der Waals surface area contributed by atoms with Crippen LogP contribution in [0.2, 0.25) is 0 Å². The summed E-state index contributed by atoms with van der Waals surface area (Å²) in [5.74, 6) is 1.93. The minimum Gasteiger partial charge on any atom is -0.487 e. The summed E-state index contributed by atoms with van der Waals surface area (Å²) < 4.78 is 8.63. The van der Waals surface area contributed by atoms with Gasteiger partial charge in [0, 0.05) is 39.8 Å². The predicted molar refractivity (Wildman–Crippen MR) is 131 cm³/mol. The highest BCUT2D eigenvalue weighted by molar-refractivity contribution is 5.97. The van der Waals surface area contributed by atoms with Crippen LogP contribution in [0.5, 0.6) is 5.75 Å². The molecule has 5 rings (SSSR count). The van der Waals surface area contributed by atoms with E-state index >= 15 is 0 Å². The van der Waals surface area contributed by atoms with E-state index in [0.29, 0.717) is 0 Å². The molecule has 0 atom stereocenters. The first-order valence-corrected chi connectivity index (χ1v) is 11.5. The van der Waals surface area contributed by atoms with Crippen LogP contribution in [0.15, 0.2) is 24.4 Å². The molecule has 0 saturated carbocycles. The van der Waals surface area contributed by atoms with E-state index < -0.39 is 0 Å². The van der Waals surface area contributed by atoms with Gasteiger partial charge in [0.15, 0.2) is 0 Å². The molecule has 5 nitrogen and oxygen atoms in total. The fraction of sp³-hybridized carbons (Fsp3) is 0.519. The predicted octanol–water partition coefficient (Wildman–Crippen LogP) is 6.47. The molecule has 0 unspecified atom stereocenters. The van der Waals surface area contributed by atoms with Crippen LogP contribution >= 0.6 is 0 Å². The highest BCUT2D eigenvalue weighted by atomic mass is 16.5. The Morgan fingerprint density at radius 2 is 1.53 bits per heavy atom. The van der Waals surface area contributed by atoms with E-state index in [1.807, 2.05) is 6.20 Å². The summed E-state index contributed by atoms with van der Waals surface area (Å²) in [6.07, 6.45) is 1.94. The van der Waals surface area contributed by atoms with Gasteiger partial charge in [0.2, 0.25) is 0 Å². The van der Waals surface area contributed by atoms with Crippen molar-refractivity contribution in [3.05, 3.63) is 41.5 Å². The first-order valence-electron chi connectivity index (χ1n) is 11.5. The second-order valence-electron chi connectivity index (χ2n) is 12.4. The number of fused-ring (bicyclic) bond motifs is 6. The number of hydrogen-bond donors (Lipinski definition) is 0. The van der Waals surface area contributed by atoms with Crippen molar-refractivity contribution in [2.45, 2.75) is 91.1 Å². The molecular formula is C27H34N4O. The van der Waals surface area contributed by atoms with Crippen LogP contribution in [-0.4, -0.2) is 25.0 Å². The van der Waals surface area contributed by atoms with Crippen molar-refractivity contribution in [3.8, 4) is 5.75 Å². The quantitative estimate of drug-likeness (QED) is 0.321. The molecule has 0 N–H and O–H groups in total. The lowest BCUT2D eigenvalue weighted by Gasteiger charge is -2.33. The molecule has 32 heavy (non-hydrogen) atoms. The van der Waals surface area contributed by atoms with Gasteiger partial charge in [0.1, 0.15) is 22.8 Å². The number of hydrogen-bond acceptors (Lipinski definition) is 4. The van der Waals surface area contributed by atoms with Crippen molar-refractivity contribution < 1.29 is 4.74 Å². The molecule has 3 aromatic heterocycles. The fourth-order valence-corrected chi connectivity index (χ4v) is 4.59. The van der Waals surface area contributed by atoms with Gasteiger partial charge in [-0.3, -0.25) is 9.38 Å². The molecular weight excluding hydrogens is 396 g/mol. The number of nitrogens with zero attached hydrogens (tertiary/aromatic N) is 4. The molecule has 0 aliphatic carbocycles. The van der Waals surface area contributed by atoms with Gasteiger partial charge in [-0.2, -0.15) is 0 Å². The van der Waals surface area contributed by atoms with Crippen molar-refractivity contribution >= 4 is 27.6 Å². The lowest BCUT2D eigenvalue weighted by atomic mass is 9.74. The summed E-state index contributed by atoms with van der Waals surface area (Å²) in [6.45, 7) is 22.0. The zero-order valence-electron chi connectivity index (χ0n) is 21.0. The molecule has 5 heteroatoms. The normalized spacial score (nSPS) is 17.8. The van der Waals surface area contributed by atoms with Gasteiger partial charge in [0.05, 0.1) is 21.9 Å². The Bertz CT molecular complexity index is 1410. The van der Waals surface area contributed by atoms with E-state index in [1.165, 1.54) is 5.56 Å². The van der Waals surface area contributed by atoms with E-state index in [2.05, 4.69) is 91.8 Å². The number of imidazole rings is 1. The minimum absolute atomic E-state index is 0.0411. The highest BCUT2D eigenvalue weighted by Gasteiger charge is 2.48. The maximum Gasteiger partial charge on any atom is 0.150 e. The molecule has 4 heterocycles. The van der Waals surface area contributed by atoms with Crippen LogP contribution in [-0.2, 0) is 16.2 Å². The Kier molecular flexibility index (Phi) is 3.97. The largest absolute Gasteiger partial charge is 0.487 e. The van der Waals surface area contributed by atoms with E-state index in [4.69, 9.17) is 19.7 Å². The van der Waals surface area contributed by atoms with Gasteiger partial charge in [-0.1, -0.05) is 55.4 Å². The molecule has 0 spiro atoms. The standard InChI is InChI=1S/C27H34N4O/c1-24(2,3)21-12-17-15(14-28-21)22-29-18-11-16-20(32-27(9,10)26(16,7)8)13-19(18)31(22)23(30-17)25(4,5)6/h11-14H,1-10H3. The summed E-state index contributed by atoms with van der Waals surface area (Å²) in [4.78, 5) is 15.1. The molecule has 0 amide bonds. The van der Waals surface area contributed by atoms with Crippen molar-refractivity contribution in [2.24, 2.45) is 0 Å². The van der Waals surface area contributed by atoms with Gasteiger partial charge in [0.25, 0.3) is 0 Å². The molecule has 0 bridgehead atoms. The first-order chi connectivity index (χ1) is 14.6. The lowest BCUT2D eigenvalue weighted by molar-refractivity contribution is 0.0713. The third-order valence-corrected chi connectivity index (χ3v) is 7.30. The number of benzene rings is 1. The smallest absolute Gasteiger partial charge is 0.150 e. The van der Waals surface area contributed by atoms with Crippen LogP contribution in [0, 0.1) is 0 Å². The van der Waals surface area contributed by atoms with E-state index in [0.717, 1.165) is 44.9 Å². The van der Waals surface area contributed by atoms with Crippen molar-refractivity contribution in [1.82, 2.24) is 19.4 Å². The number of ether oxygens (including phenoxy) is 1. The number of pyridine rings is 1. The van der Waals surface area contributed by atoms with Gasteiger partial charge in [-0.05, 0) is 26.0 Å². The monoisotopic (exact) mass is 430 g/mol.